The molecule has 2 heterocycles. The maximum atomic E-state index is 4.14. The van der Waals surface area contributed by atoms with E-state index in [1.807, 2.05) is 31.7 Å². The number of likely N-dealkylation sites (N-methyl/N-ethyl adjacent to an activating group) is 1. The zero-order valence-electron chi connectivity index (χ0n) is 10.0. The molecule has 88 valence electrons. The normalized spacial score (nSPS) is 12.3. The second kappa shape index (κ2) is 6.11. The van der Waals surface area contributed by atoms with Crippen molar-refractivity contribution in [2.75, 3.05) is 7.05 Å². The first-order valence-corrected chi connectivity index (χ1v) is 5.83. The third-order valence-corrected chi connectivity index (χ3v) is 2.84. The standard InChI is InChI=1S/C14H17N3/c1-15-14(9-12-4-7-16-8-5-12)10-13-3-2-6-17-11-13/h2-8,11,14-15H,9-10H2,1H3. The van der Waals surface area contributed by atoms with Crippen LogP contribution in [0.15, 0.2) is 49.1 Å². The molecule has 0 aliphatic rings. The van der Waals surface area contributed by atoms with E-state index in [9.17, 15) is 0 Å². The van der Waals surface area contributed by atoms with Gasteiger partial charge in [0.25, 0.3) is 0 Å². The highest BCUT2D eigenvalue weighted by Gasteiger charge is 2.08. The average Bonchev–Trinajstić information content (AvgIpc) is 2.40. The van der Waals surface area contributed by atoms with E-state index in [4.69, 9.17) is 0 Å². The van der Waals surface area contributed by atoms with Gasteiger partial charge in [0, 0.05) is 30.8 Å². The molecule has 0 radical (unpaired) electrons. The topological polar surface area (TPSA) is 37.8 Å². The zero-order valence-corrected chi connectivity index (χ0v) is 10.0. The number of aromatic nitrogens is 2. The molecule has 0 aliphatic carbocycles. The Morgan fingerprint density at radius 1 is 1.00 bits per heavy atom. The number of pyridine rings is 2. The summed E-state index contributed by atoms with van der Waals surface area (Å²) in [5.41, 5.74) is 2.57. The summed E-state index contributed by atoms with van der Waals surface area (Å²) in [4.78, 5) is 8.17. The van der Waals surface area contributed by atoms with Crippen LogP contribution in [-0.4, -0.2) is 23.1 Å². The molecule has 2 aromatic heterocycles. The minimum absolute atomic E-state index is 0.432. The summed E-state index contributed by atoms with van der Waals surface area (Å²) in [6.07, 6.45) is 9.41. The lowest BCUT2D eigenvalue weighted by Crippen LogP contribution is -2.29. The number of hydrogen-bond acceptors (Lipinski definition) is 3. The van der Waals surface area contributed by atoms with E-state index >= 15 is 0 Å². The molecule has 17 heavy (non-hydrogen) atoms. The molecule has 0 fully saturated rings. The van der Waals surface area contributed by atoms with Crippen molar-refractivity contribution in [3.63, 3.8) is 0 Å². The van der Waals surface area contributed by atoms with E-state index in [0.29, 0.717) is 6.04 Å². The molecule has 0 aliphatic heterocycles. The summed E-state index contributed by atoms with van der Waals surface area (Å²) < 4.78 is 0. The summed E-state index contributed by atoms with van der Waals surface area (Å²) in [5.74, 6) is 0. The zero-order chi connectivity index (χ0) is 11.9. The minimum atomic E-state index is 0.432. The fourth-order valence-corrected chi connectivity index (χ4v) is 1.88. The predicted molar refractivity (Wildman–Crippen MR) is 68.7 cm³/mol. The van der Waals surface area contributed by atoms with Crippen molar-refractivity contribution in [2.45, 2.75) is 18.9 Å². The summed E-state index contributed by atoms with van der Waals surface area (Å²) in [7, 11) is 2.00. The minimum Gasteiger partial charge on any atom is -0.316 e. The quantitative estimate of drug-likeness (QED) is 0.847. The van der Waals surface area contributed by atoms with Crippen LogP contribution in [-0.2, 0) is 12.8 Å². The van der Waals surface area contributed by atoms with Crippen molar-refractivity contribution in [1.82, 2.24) is 15.3 Å². The van der Waals surface area contributed by atoms with Crippen molar-refractivity contribution in [3.8, 4) is 0 Å². The number of nitrogens with one attached hydrogen (secondary N) is 1. The Morgan fingerprint density at radius 3 is 2.41 bits per heavy atom. The first kappa shape index (κ1) is 11.7. The van der Waals surface area contributed by atoms with Crippen molar-refractivity contribution < 1.29 is 0 Å². The van der Waals surface area contributed by atoms with Gasteiger partial charge in [0.15, 0.2) is 0 Å². The van der Waals surface area contributed by atoms with E-state index in [1.165, 1.54) is 11.1 Å². The van der Waals surface area contributed by atoms with E-state index in [2.05, 4.69) is 33.5 Å². The van der Waals surface area contributed by atoms with E-state index in [-0.39, 0.29) is 0 Å². The summed E-state index contributed by atoms with van der Waals surface area (Å²) >= 11 is 0. The average molecular weight is 227 g/mol. The van der Waals surface area contributed by atoms with Gasteiger partial charge in [-0.1, -0.05) is 6.07 Å². The molecule has 0 saturated carbocycles. The van der Waals surface area contributed by atoms with E-state index < -0.39 is 0 Å². The number of nitrogens with zero attached hydrogens (tertiary/aromatic N) is 2. The smallest absolute Gasteiger partial charge is 0.0300 e. The Labute approximate surface area is 102 Å². The van der Waals surface area contributed by atoms with Crippen molar-refractivity contribution in [1.29, 1.82) is 0 Å². The fourth-order valence-electron chi connectivity index (χ4n) is 1.88. The summed E-state index contributed by atoms with van der Waals surface area (Å²) in [5, 5.41) is 3.35. The Morgan fingerprint density at radius 2 is 1.76 bits per heavy atom. The van der Waals surface area contributed by atoms with Gasteiger partial charge in [-0.05, 0) is 49.2 Å². The second-order valence-electron chi connectivity index (χ2n) is 4.11. The van der Waals surface area contributed by atoms with E-state index in [0.717, 1.165) is 12.8 Å². The van der Waals surface area contributed by atoms with Gasteiger partial charge < -0.3 is 5.32 Å². The molecule has 0 aromatic carbocycles. The molecule has 3 heteroatoms. The van der Waals surface area contributed by atoms with Crippen LogP contribution in [0.3, 0.4) is 0 Å². The largest absolute Gasteiger partial charge is 0.316 e. The monoisotopic (exact) mass is 227 g/mol. The van der Waals surface area contributed by atoms with Crippen LogP contribution in [0.2, 0.25) is 0 Å². The highest BCUT2D eigenvalue weighted by atomic mass is 14.9. The van der Waals surface area contributed by atoms with Crippen LogP contribution in [0.5, 0.6) is 0 Å². The molecule has 1 N–H and O–H groups in total. The lowest BCUT2D eigenvalue weighted by atomic mass is 10.0. The molecule has 1 atom stereocenters. The van der Waals surface area contributed by atoms with Gasteiger partial charge in [0.1, 0.15) is 0 Å². The number of rotatable bonds is 5. The van der Waals surface area contributed by atoms with Gasteiger partial charge in [0.2, 0.25) is 0 Å². The third-order valence-electron chi connectivity index (χ3n) is 2.84. The lowest BCUT2D eigenvalue weighted by Gasteiger charge is -2.16. The maximum absolute atomic E-state index is 4.14. The maximum Gasteiger partial charge on any atom is 0.0300 e. The predicted octanol–water partition coefficient (Wildman–Crippen LogP) is 1.85. The van der Waals surface area contributed by atoms with E-state index in [1.54, 1.807) is 6.20 Å². The van der Waals surface area contributed by atoms with Crippen molar-refractivity contribution >= 4 is 0 Å². The van der Waals surface area contributed by atoms with Crippen LogP contribution in [0.1, 0.15) is 11.1 Å². The van der Waals surface area contributed by atoms with Gasteiger partial charge in [-0.25, -0.2) is 0 Å². The SMILES string of the molecule is CNC(Cc1ccncc1)Cc1cccnc1. The molecule has 2 rings (SSSR count). The fraction of sp³-hybridized carbons (Fsp3) is 0.286. The molecule has 0 bridgehead atoms. The molecular weight excluding hydrogens is 210 g/mol. The Kier molecular flexibility index (Phi) is 4.22. The molecule has 0 saturated heterocycles. The Bertz CT molecular complexity index is 386. The highest BCUT2D eigenvalue weighted by molar-refractivity contribution is 5.15. The van der Waals surface area contributed by atoms with Crippen LogP contribution >= 0.6 is 0 Å². The molecule has 0 spiro atoms. The lowest BCUT2D eigenvalue weighted by molar-refractivity contribution is 0.555. The van der Waals surface area contributed by atoms with Gasteiger partial charge in [-0.2, -0.15) is 0 Å². The third kappa shape index (κ3) is 3.64. The molecule has 2 aromatic rings. The molecule has 0 amide bonds. The first-order valence-electron chi connectivity index (χ1n) is 5.83. The number of hydrogen-bond donors (Lipinski definition) is 1. The van der Waals surface area contributed by atoms with Crippen LogP contribution in [0, 0.1) is 0 Å². The highest BCUT2D eigenvalue weighted by Crippen LogP contribution is 2.07. The molecular formula is C14H17N3. The second-order valence-corrected chi connectivity index (χ2v) is 4.11. The first-order chi connectivity index (χ1) is 8.38. The van der Waals surface area contributed by atoms with Crippen LogP contribution < -0.4 is 5.32 Å². The van der Waals surface area contributed by atoms with Gasteiger partial charge in [0.05, 0.1) is 0 Å². The van der Waals surface area contributed by atoms with Crippen LogP contribution in [0.25, 0.3) is 0 Å². The van der Waals surface area contributed by atoms with Gasteiger partial charge >= 0.3 is 0 Å². The molecule has 1 unspecified atom stereocenters. The Hall–Kier alpha value is -1.74. The molecule has 3 nitrogen and oxygen atoms in total. The Balaban J connectivity index is 1.98. The van der Waals surface area contributed by atoms with Gasteiger partial charge in [-0.3, -0.25) is 9.97 Å². The van der Waals surface area contributed by atoms with Crippen molar-refractivity contribution in [2.24, 2.45) is 0 Å². The summed E-state index contributed by atoms with van der Waals surface area (Å²) in [6.45, 7) is 0. The van der Waals surface area contributed by atoms with Gasteiger partial charge in [-0.15, -0.1) is 0 Å². The van der Waals surface area contributed by atoms with Crippen molar-refractivity contribution in [3.05, 3.63) is 60.2 Å². The summed E-state index contributed by atoms with van der Waals surface area (Å²) in [6, 6.07) is 8.65. The van der Waals surface area contributed by atoms with Crippen LogP contribution in [0.4, 0.5) is 0 Å².